The number of aromatic hydroxyl groups is 1. The molecule has 0 aliphatic heterocycles. The maximum absolute atomic E-state index is 11.3. The fourth-order valence-electron chi connectivity index (χ4n) is 1.80. The van der Waals surface area contributed by atoms with E-state index in [9.17, 15) is 25.1 Å². The number of phenolic OH excluding ortho intramolecular Hbond substituents is 1. The van der Waals surface area contributed by atoms with Crippen molar-refractivity contribution >= 4 is 23.3 Å². The van der Waals surface area contributed by atoms with E-state index < -0.39 is 10.9 Å². The van der Waals surface area contributed by atoms with Crippen molar-refractivity contribution in [3.8, 4) is 5.75 Å². The lowest BCUT2D eigenvalue weighted by molar-refractivity contribution is -0.384. The van der Waals surface area contributed by atoms with Crippen LogP contribution in [0.5, 0.6) is 5.75 Å². The van der Waals surface area contributed by atoms with E-state index in [2.05, 4.69) is 0 Å². The molecule has 6 nitrogen and oxygen atoms in total. The highest BCUT2D eigenvalue weighted by Crippen LogP contribution is 2.23. The topological polar surface area (TPSA) is 101 Å². The number of hydrogen-bond acceptors (Lipinski definition) is 4. The van der Waals surface area contributed by atoms with E-state index in [-0.39, 0.29) is 17.0 Å². The third-order valence-corrected chi connectivity index (χ3v) is 2.80. The average Bonchev–Trinajstić information content (AvgIpc) is 2.45. The lowest BCUT2D eigenvalue weighted by atomic mass is 10.0. The summed E-state index contributed by atoms with van der Waals surface area (Å²) in [4.78, 5) is 21.4. The number of nitro benzene ring substituents is 1. The molecule has 0 aliphatic carbocycles. The number of phenols is 1. The third-order valence-electron chi connectivity index (χ3n) is 2.80. The normalized spacial score (nSPS) is 11.1. The molecule has 0 saturated heterocycles. The molecule has 0 radical (unpaired) electrons. The fourth-order valence-corrected chi connectivity index (χ4v) is 1.80. The number of hydrogen-bond donors (Lipinski definition) is 2. The Labute approximate surface area is 119 Å². The maximum Gasteiger partial charge on any atom is 0.336 e. The quantitative estimate of drug-likeness (QED) is 0.389. The van der Waals surface area contributed by atoms with Crippen molar-refractivity contribution in [2.24, 2.45) is 0 Å². The van der Waals surface area contributed by atoms with Gasteiger partial charge in [0.2, 0.25) is 0 Å². The Balaban J connectivity index is 2.42. The van der Waals surface area contributed by atoms with Crippen LogP contribution in [0, 0.1) is 10.1 Å². The zero-order valence-corrected chi connectivity index (χ0v) is 10.8. The lowest BCUT2D eigenvalue weighted by Crippen LogP contribution is -1.99. The monoisotopic (exact) mass is 285 g/mol. The van der Waals surface area contributed by atoms with Crippen LogP contribution >= 0.6 is 0 Å². The molecule has 0 atom stereocenters. The van der Waals surface area contributed by atoms with Gasteiger partial charge in [-0.3, -0.25) is 10.1 Å². The summed E-state index contributed by atoms with van der Waals surface area (Å²) in [5.74, 6) is -1.19. The summed E-state index contributed by atoms with van der Waals surface area (Å²) in [6, 6.07) is 11.4. The molecule has 0 aromatic heterocycles. The summed E-state index contributed by atoms with van der Waals surface area (Å²) >= 11 is 0. The second kappa shape index (κ2) is 5.87. The van der Waals surface area contributed by atoms with E-state index in [0.29, 0.717) is 11.1 Å². The molecule has 0 spiro atoms. The van der Waals surface area contributed by atoms with Crippen molar-refractivity contribution in [1.29, 1.82) is 0 Å². The van der Waals surface area contributed by atoms with Gasteiger partial charge in [-0.25, -0.2) is 4.79 Å². The standard InChI is InChI=1S/C15H11NO5/c17-13-3-1-2-11(9-13)14(15(18)19)8-10-4-6-12(7-5-10)16(20)21/h1-9,17H,(H,18,19)/b14-8-. The number of nitrogens with zero attached hydrogens (tertiary/aromatic N) is 1. The van der Waals surface area contributed by atoms with Crippen LogP contribution in [0.4, 0.5) is 5.69 Å². The molecule has 0 aliphatic rings. The Hall–Kier alpha value is -3.15. The van der Waals surface area contributed by atoms with Gasteiger partial charge in [0.1, 0.15) is 5.75 Å². The predicted octanol–water partition coefficient (Wildman–Crippen LogP) is 2.93. The van der Waals surface area contributed by atoms with Crippen LogP contribution in [0.3, 0.4) is 0 Å². The molecule has 6 heteroatoms. The first-order chi connectivity index (χ1) is 9.97. The molecule has 0 unspecified atom stereocenters. The summed E-state index contributed by atoms with van der Waals surface area (Å²) < 4.78 is 0. The molecule has 0 saturated carbocycles. The van der Waals surface area contributed by atoms with Crippen molar-refractivity contribution in [2.45, 2.75) is 0 Å². The third kappa shape index (κ3) is 3.44. The number of rotatable bonds is 4. The van der Waals surface area contributed by atoms with Crippen LogP contribution in [-0.2, 0) is 4.79 Å². The van der Waals surface area contributed by atoms with E-state index in [1.165, 1.54) is 48.5 Å². The second-order valence-electron chi connectivity index (χ2n) is 4.26. The largest absolute Gasteiger partial charge is 0.508 e. The highest BCUT2D eigenvalue weighted by atomic mass is 16.6. The predicted molar refractivity (Wildman–Crippen MR) is 76.7 cm³/mol. The Morgan fingerprint density at radius 3 is 2.33 bits per heavy atom. The van der Waals surface area contributed by atoms with E-state index in [4.69, 9.17) is 0 Å². The molecule has 0 heterocycles. The SMILES string of the molecule is O=C(O)/C(=C\c1ccc([N+](=O)[O-])cc1)c1cccc(O)c1. The number of non-ortho nitro benzene ring substituents is 1. The minimum Gasteiger partial charge on any atom is -0.508 e. The first-order valence-electron chi connectivity index (χ1n) is 5.96. The summed E-state index contributed by atoms with van der Waals surface area (Å²) in [6.45, 7) is 0. The Kier molecular flexibility index (Phi) is 3.99. The zero-order chi connectivity index (χ0) is 15.4. The number of carboxylic acids is 1. The summed E-state index contributed by atoms with van der Waals surface area (Å²) in [7, 11) is 0. The molecule has 0 bridgehead atoms. The Bertz CT molecular complexity index is 719. The summed E-state index contributed by atoms with van der Waals surface area (Å²) in [5.41, 5.74) is 0.781. The van der Waals surface area contributed by atoms with Gasteiger partial charge in [-0.1, -0.05) is 12.1 Å². The highest BCUT2D eigenvalue weighted by Gasteiger charge is 2.11. The van der Waals surface area contributed by atoms with Crippen molar-refractivity contribution in [3.63, 3.8) is 0 Å². The minimum absolute atomic E-state index is 0.0141. The van der Waals surface area contributed by atoms with Gasteiger partial charge in [-0.05, 0) is 41.5 Å². The number of benzene rings is 2. The zero-order valence-electron chi connectivity index (χ0n) is 10.8. The van der Waals surface area contributed by atoms with Gasteiger partial charge in [0, 0.05) is 12.1 Å². The van der Waals surface area contributed by atoms with Crippen LogP contribution in [-0.4, -0.2) is 21.1 Å². The Morgan fingerprint density at radius 1 is 1.14 bits per heavy atom. The minimum atomic E-state index is -1.15. The number of carbonyl (C=O) groups is 1. The summed E-state index contributed by atoms with van der Waals surface area (Å²) in [5, 5.41) is 29.2. The van der Waals surface area contributed by atoms with Crippen LogP contribution in [0.15, 0.2) is 48.5 Å². The van der Waals surface area contributed by atoms with Gasteiger partial charge < -0.3 is 10.2 Å². The average molecular weight is 285 g/mol. The van der Waals surface area contributed by atoms with Crippen LogP contribution in [0.2, 0.25) is 0 Å². The smallest absolute Gasteiger partial charge is 0.336 e. The first kappa shape index (κ1) is 14.3. The lowest BCUT2D eigenvalue weighted by Gasteiger charge is -2.04. The molecular weight excluding hydrogens is 274 g/mol. The molecule has 21 heavy (non-hydrogen) atoms. The van der Waals surface area contributed by atoms with Gasteiger partial charge in [0.05, 0.1) is 10.5 Å². The Morgan fingerprint density at radius 2 is 1.81 bits per heavy atom. The van der Waals surface area contributed by atoms with E-state index in [1.807, 2.05) is 0 Å². The van der Waals surface area contributed by atoms with Crippen molar-refractivity contribution in [1.82, 2.24) is 0 Å². The summed E-state index contributed by atoms with van der Waals surface area (Å²) in [6.07, 6.45) is 1.39. The second-order valence-corrected chi connectivity index (χ2v) is 4.26. The number of carboxylic acid groups (broad SMARTS) is 1. The van der Waals surface area contributed by atoms with Crippen molar-refractivity contribution in [2.75, 3.05) is 0 Å². The molecule has 106 valence electrons. The van der Waals surface area contributed by atoms with Crippen molar-refractivity contribution in [3.05, 3.63) is 69.8 Å². The molecule has 2 aromatic carbocycles. The van der Waals surface area contributed by atoms with Crippen LogP contribution in [0.25, 0.3) is 11.6 Å². The van der Waals surface area contributed by atoms with E-state index in [0.717, 1.165) is 0 Å². The number of nitro groups is 1. The van der Waals surface area contributed by atoms with Crippen LogP contribution < -0.4 is 0 Å². The van der Waals surface area contributed by atoms with Crippen molar-refractivity contribution < 1.29 is 19.9 Å². The van der Waals surface area contributed by atoms with E-state index in [1.54, 1.807) is 6.07 Å². The molecule has 0 fully saturated rings. The maximum atomic E-state index is 11.3. The molecule has 2 rings (SSSR count). The van der Waals surface area contributed by atoms with Crippen LogP contribution in [0.1, 0.15) is 11.1 Å². The van der Waals surface area contributed by atoms with Gasteiger partial charge in [-0.15, -0.1) is 0 Å². The van der Waals surface area contributed by atoms with Gasteiger partial charge in [-0.2, -0.15) is 0 Å². The fraction of sp³-hybridized carbons (Fsp3) is 0. The molecule has 2 N–H and O–H groups in total. The van der Waals surface area contributed by atoms with E-state index >= 15 is 0 Å². The molecule has 2 aromatic rings. The van der Waals surface area contributed by atoms with Gasteiger partial charge in [0.15, 0.2) is 0 Å². The first-order valence-corrected chi connectivity index (χ1v) is 5.96. The van der Waals surface area contributed by atoms with Gasteiger partial charge in [0.25, 0.3) is 5.69 Å². The van der Waals surface area contributed by atoms with Gasteiger partial charge >= 0.3 is 5.97 Å². The highest BCUT2D eigenvalue weighted by molar-refractivity contribution is 6.20. The number of aliphatic carboxylic acids is 1. The molecule has 0 amide bonds. The molecular formula is C15H11NO5.